The van der Waals surface area contributed by atoms with Crippen molar-refractivity contribution in [3.63, 3.8) is 0 Å². The predicted molar refractivity (Wildman–Crippen MR) is 84.1 cm³/mol. The molecule has 0 N–H and O–H groups in total. The van der Waals surface area contributed by atoms with Gasteiger partial charge in [0.2, 0.25) is 0 Å². The molecule has 22 heavy (non-hydrogen) atoms. The first kappa shape index (κ1) is 16.8. The van der Waals surface area contributed by atoms with Gasteiger partial charge in [-0.25, -0.2) is 0 Å². The van der Waals surface area contributed by atoms with Gasteiger partial charge in [0.05, 0.1) is 13.7 Å². The lowest BCUT2D eigenvalue weighted by atomic mass is 10.1. The Kier molecular flexibility index (Phi) is 6.21. The number of esters is 1. The molecular formula is C17H25NO4. The van der Waals surface area contributed by atoms with E-state index in [0.29, 0.717) is 6.61 Å². The second-order valence-corrected chi connectivity index (χ2v) is 5.66. The fraction of sp³-hybridized carbons (Fsp3) is 0.588. The number of benzene rings is 1. The molecule has 1 atom stereocenters. The number of nitrogens with zero attached hydrogens (tertiary/aromatic N) is 1. The maximum absolute atomic E-state index is 11.8. The molecule has 1 aromatic carbocycles. The Morgan fingerprint density at radius 1 is 1.23 bits per heavy atom. The van der Waals surface area contributed by atoms with Gasteiger partial charge < -0.3 is 14.2 Å². The highest BCUT2D eigenvalue weighted by Gasteiger charge is 2.31. The van der Waals surface area contributed by atoms with E-state index >= 15 is 0 Å². The van der Waals surface area contributed by atoms with Crippen molar-refractivity contribution in [3.05, 3.63) is 29.8 Å². The molecule has 122 valence electrons. The second kappa shape index (κ2) is 8.15. The summed E-state index contributed by atoms with van der Waals surface area (Å²) in [6, 6.07) is 7.79. The van der Waals surface area contributed by atoms with E-state index in [4.69, 9.17) is 14.2 Å². The van der Waals surface area contributed by atoms with Crippen molar-refractivity contribution in [2.45, 2.75) is 31.9 Å². The van der Waals surface area contributed by atoms with Crippen LogP contribution in [0.3, 0.4) is 0 Å². The van der Waals surface area contributed by atoms with Crippen LogP contribution in [-0.4, -0.2) is 56.9 Å². The number of hydrogen-bond donors (Lipinski definition) is 0. The standard InChI is InChI=1S/C17H25NO4/c1-13-4-6-14(7-5-13)22-15-8-10-18(11-9-15)16(12-20-2)17(19)21-3/h4-7,15-16H,8-12H2,1-3H3. The highest BCUT2D eigenvalue weighted by Crippen LogP contribution is 2.21. The average Bonchev–Trinajstić information content (AvgIpc) is 2.55. The van der Waals surface area contributed by atoms with Crippen LogP contribution in [0, 0.1) is 6.92 Å². The van der Waals surface area contributed by atoms with Crippen LogP contribution >= 0.6 is 0 Å². The Bertz CT molecular complexity index is 466. The molecule has 1 aromatic rings. The smallest absolute Gasteiger partial charge is 0.325 e. The van der Waals surface area contributed by atoms with E-state index in [-0.39, 0.29) is 18.1 Å². The lowest BCUT2D eigenvalue weighted by Crippen LogP contribution is -2.50. The van der Waals surface area contributed by atoms with E-state index in [1.807, 2.05) is 12.1 Å². The van der Waals surface area contributed by atoms with Gasteiger partial charge in [-0.2, -0.15) is 0 Å². The minimum Gasteiger partial charge on any atom is -0.490 e. The number of hydrogen-bond acceptors (Lipinski definition) is 5. The number of piperidine rings is 1. The summed E-state index contributed by atoms with van der Waals surface area (Å²) in [5.74, 6) is 0.671. The lowest BCUT2D eigenvalue weighted by Gasteiger charge is -2.35. The van der Waals surface area contributed by atoms with Gasteiger partial charge in [-0.1, -0.05) is 17.7 Å². The molecule has 2 rings (SSSR count). The molecule has 5 nitrogen and oxygen atoms in total. The van der Waals surface area contributed by atoms with E-state index in [9.17, 15) is 4.79 Å². The quantitative estimate of drug-likeness (QED) is 0.753. The van der Waals surface area contributed by atoms with E-state index < -0.39 is 0 Å². The number of likely N-dealkylation sites (tertiary alicyclic amines) is 1. The summed E-state index contributed by atoms with van der Waals surface area (Å²) >= 11 is 0. The van der Waals surface area contributed by atoms with Crippen molar-refractivity contribution >= 4 is 5.97 Å². The van der Waals surface area contributed by atoms with Gasteiger partial charge in [0.1, 0.15) is 17.9 Å². The van der Waals surface area contributed by atoms with Crippen LogP contribution in [0.4, 0.5) is 0 Å². The third-order valence-electron chi connectivity index (χ3n) is 4.04. The van der Waals surface area contributed by atoms with Crippen LogP contribution in [-0.2, 0) is 14.3 Å². The first-order valence-corrected chi connectivity index (χ1v) is 7.68. The zero-order valence-corrected chi connectivity index (χ0v) is 13.6. The van der Waals surface area contributed by atoms with E-state index in [2.05, 4.69) is 24.0 Å². The first-order chi connectivity index (χ1) is 10.6. The largest absolute Gasteiger partial charge is 0.490 e. The Labute approximate surface area is 132 Å². The molecule has 1 unspecified atom stereocenters. The summed E-state index contributed by atoms with van der Waals surface area (Å²) in [5.41, 5.74) is 1.22. The SMILES string of the molecule is COCC(C(=O)OC)N1CCC(Oc2ccc(C)cc2)CC1. The van der Waals surface area contributed by atoms with Gasteiger partial charge in [-0.3, -0.25) is 9.69 Å². The summed E-state index contributed by atoms with van der Waals surface area (Å²) < 4.78 is 16.0. The summed E-state index contributed by atoms with van der Waals surface area (Å²) in [4.78, 5) is 13.9. The number of aryl methyl sites for hydroxylation is 1. The van der Waals surface area contributed by atoms with Gasteiger partial charge >= 0.3 is 5.97 Å². The topological polar surface area (TPSA) is 48.0 Å². The van der Waals surface area contributed by atoms with Crippen molar-refractivity contribution in [2.75, 3.05) is 33.9 Å². The second-order valence-electron chi connectivity index (χ2n) is 5.66. The molecule has 1 heterocycles. The zero-order chi connectivity index (χ0) is 15.9. The molecule has 1 aliphatic rings. The summed E-state index contributed by atoms with van der Waals surface area (Å²) in [7, 11) is 3.02. The van der Waals surface area contributed by atoms with Crippen LogP contribution in [0.1, 0.15) is 18.4 Å². The number of carbonyl (C=O) groups is 1. The van der Waals surface area contributed by atoms with Gasteiger partial charge in [-0.15, -0.1) is 0 Å². The van der Waals surface area contributed by atoms with Crippen molar-refractivity contribution in [3.8, 4) is 5.75 Å². The average molecular weight is 307 g/mol. The lowest BCUT2D eigenvalue weighted by molar-refractivity contribution is -0.150. The van der Waals surface area contributed by atoms with Crippen LogP contribution in [0.5, 0.6) is 5.75 Å². The van der Waals surface area contributed by atoms with Gasteiger partial charge in [-0.05, 0) is 31.9 Å². The molecule has 1 aliphatic heterocycles. The number of methoxy groups -OCH3 is 2. The fourth-order valence-corrected chi connectivity index (χ4v) is 2.73. The molecule has 0 saturated carbocycles. The van der Waals surface area contributed by atoms with E-state index in [0.717, 1.165) is 31.7 Å². The normalized spacial score (nSPS) is 18.0. The van der Waals surface area contributed by atoms with Crippen molar-refractivity contribution in [1.29, 1.82) is 0 Å². The molecule has 0 radical (unpaired) electrons. The van der Waals surface area contributed by atoms with Crippen LogP contribution in [0.2, 0.25) is 0 Å². The summed E-state index contributed by atoms with van der Waals surface area (Å²) in [6.45, 7) is 4.03. The van der Waals surface area contributed by atoms with E-state index in [1.165, 1.54) is 12.7 Å². The van der Waals surface area contributed by atoms with Crippen LogP contribution in [0.25, 0.3) is 0 Å². The highest BCUT2D eigenvalue weighted by molar-refractivity contribution is 5.75. The molecule has 0 bridgehead atoms. The third kappa shape index (κ3) is 4.45. The Morgan fingerprint density at radius 2 is 1.86 bits per heavy atom. The Hall–Kier alpha value is -1.59. The maximum atomic E-state index is 11.8. The first-order valence-electron chi connectivity index (χ1n) is 7.68. The minimum absolute atomic E-state index is 0.194. The monoisotopic (exact) mass is 307 g/mol. The van der Waals surface area contributed by atoms with Gasteiger partial charge in [0.25, 0.3) is 0 Å². The molecule has 1 saturated heterocycles. The summed E-state index contributed by atoms with van der Waals surface area (Å²) in [5, 5.41) is 0. The van der Waals surface area contributed by atoms with Gasteiger partial charge in [0.15, 0.2) is 0 Å². The minimum atomic E-state index is -0.324. The van der Waals surface area contributed by atoms with Crippen molar-refractivity contribution < 1.29 is 19.0 Å². The van der Waals surface area contributed by atoms with Crippen molar-refractivity contribution in [2.24, 2.45) is 0 Å². The molecule has 1 fully saturated rings. The number of ether oxygens (including phenoxy) is 3. The highest BCUT2D eigenvalue weighted by atomic mass is 16.5. The van der Waals surface area contributed by atoms with Crippen LogP contribution in [0.15, 0.2) is 24.3 Å². The molecule has 0 amide bonds. The third-order valence-corrected chi connectivity index (χ3v) is 4.04. The molecule has 0 spiro atoms. The van der Waals surface area contributed by atoms with E-state index in [1.54, 1.807) is 7.11 Å². The molecule has 0 aliphatic carbocycles. The summed E-state index contributed by atoms with van der Waals surface area (Å²) in [6.07, 6.45) is 1.98. The zero-order valence-electron chi connectivity index (χ0n) is 13.6. The van der Waals surface area contributed by atoms with Crippen LogP contribution < -0.4 is 4.74 Å². The molecular weight excluding hydrogens is 282 g/mol. The Balaban J connectivity index is 1.86. The number of carbonyl (C=O) groups excluding carboxylic acids is 1. The Morgan fingerprint density at radius 3 is 2.41 bits per heavy atom. The molecule has 5 heteroatoms. The van der Waals surface area contributed by atoms with Crippen molar-refractivity contribution in [1.82, 2.24) is 4.90 Å². The maximum Gasteiger partial charge on any atom is 0.325 e. The number of rotatable bonds is 6. The van der Waals surface area contributed by atoms with Gasteiger partial charge in [0, 0.05) is 20.2 Å². The molecule has 0 aromatic heterocycles. The predicted octanol–water partition coefficient (Wildman–Crippen LogP) is 2.03. The fourth-order valence-electron chi connectivity index (χ4n) is 2.73.